The minimum Gasteiger partial charge on any atom is -0.486 e. The number of aromatic amines is 1. The summed E-state index contributed by atoms with van der Waals surface area (Å²) < 4.78 is 11.0. The number of carbonyl (C=O) groups is 1. The van der Waals surface area contributed by atoms with E-state index in [4.69, 9.17) is 9.47 Å². The molecule has 0 spiro atoms. The first kappa shape index (κ1) is 12.4. The van der Waals surface area contributed by atoms with Crippen LogP contribution in [0.4, 0.5) is 0 Å². The number of H-pyrrole nitrogens is 1. The predicted octanol–water partition coefficient (Wildman–Crippen LogP) is 0.243. The van der Waals surface area contributed by atoms with Crippen LogP contribution < -0.4 is 9.47 Å². The number of tetrazole rings is 1. The highest BCUT2D eigenvalue weighted by molar-refractivity contribution is 5.89. The van der Waals surface area contributed by atoms with E-state index < -0.39 is 0 Å². The van der Waals surface area contributed by atoms with Gasteiger partial charge < -0.3 is 14.4 Å². The number of ether oxygens (including phenoxy) is 2. The summed E-state index contributed by atoms with van der Waals surface area (Å²) in [6, 6.07) is 5.61. The van der Waals surface area contributed by atoms with E-state index in [-0.39, 0.29) is 11.7 Å². The molecule has 8 nitrogen and oxygen atoms in total. The van der Waals surface area contributed by atoms with Gasteiger partial charge >= 0.3 is 0 Å². The van der Waals surface area contributed by atoms with Gasteiger partial charge in [0.1, 0.15) is 13.2 Å². The molecule has 1 N–H and O–H groups in total. The maximum Gasteiger partial charge on any atom is 0.295 e. The van der Waals surface area contributed by atoms with Crippen LogP contribution in [0.25, 0.3) is 0 Å². The van der Waals surface area contributed by atoms with Crippen LogP contribution in [0.5, 0.6) is 11.5 Å². The van der Waals surface area contributed by atoms with Crippen molar-refractivity contribution in [2.45, 2.75) is 6.54 Å². The first-order valence-corrected chi connectivity index (χ1v) is 6.11. The van der Waals surface area contributed by atoms with E-state index in [9.17, 15) is 4.79 Å². The van der Waals surface area contributed by atoms with Gasteiger partial charge in [-0.05, 0) is 22.9 Å². The molecule has 8 heteroatoms. The quantitative estimate of drug-likeness (QED) is 0.862. The van der Waals surface area contributed by atoms with E-state index in [1.807, 2.05) is 18.2 Å². The third-order valence-electron chi connectivity index (χ3n) is 2.91. The molecule has 0 atom stereocenters. The molecule has 0 unspecified atom stereocenters. The fraction of sp³-hybridized carbons (Fsp3) is 0.333. The van der Waals surface area contributed by atoms with E-state index in [2.05, 4.69) is 20.6 Å². The third kappa shape index (κ3) is 2.40. The van der Waals surface area contributed by atoms with Crippen molar-refractivity contribution < 1.29 is 14.3 Å². The van der Waals surface area contributed by atoms with Crippen LogP contribution in [-0.2, 0) is 6.54 Å². The molecule has 1 amide bonds. The predicted molar refractivity (Wildman–Crippen MR) is 67.4 cm³/mol. The van der Waals surface area contributed by atoms with Crippen molar-refractivity contribution in [3.8, 4) is 11.5 Å². The Morgan fingerprint density at radius 3 is 2.90 bits per heavy atom. The Morgan fingerprint density at radius 1 is 1.35 bits per heavy atom. The van der Waals surface area contributed by atoms with Crippen molar-refractivity contribution >= 4 is 5.91 Å². The molecule has 1 aliphatic rings. The summed E-state index contributed by atoms with van der Waals surface area (Å²) in [5.74, 6) is 1.18. The molecular formula is C12H13N5O3. The molecule has 1 aromatic heterocycles. The maximum absolute atomic E-state index is 12.0. The number of benzene rings is 1. The third-order valence-corrected chi connectivity index (χ3v) is 2.91. The number of hydrogen-bond acceptors (Lipinski definition) is 6. The van der Waals surface area contributed by atoms with Crippen molar-refractivity contribution in [1.29, 1.82) is 0 Å². The van der Waals surface area contributed by atoms with Crippen molar-refractivity contribution in [3.63, 3.8) is 0 Å². The lowest BCUT2D eigenvalue weighted by Crippen LogP contribution is -2.27. The van der Waals surface area contributed by atoms with Crippen LogP contribution in [0.1, 0.15) is 16.2 Å². The second-order valence-electron chi connectivity index (χ2n) is 4.37. The molecule has 0 radical (unpaired) electrons. The Kier molecular flexibility index (Phi) is 3.20. The highest BCUT2D eigenvalue weighted by Gasteiger charge is 2.18. The molecule has 1 aromatic carbocycles. The molecule has 3 rings (SSSR count). The largest absolute Gasteiger partial charge is 0.486 e. The number of nitrogens with zero attached hydrogens (tertiary/aromatic N) is 4. The first-order valence-electron chi connectivity index (χ1n) is 6.11. The van der Waals surface area contributed by atoms with E-state index in [0.29, 0.717) is 25.5 Å². The van der Waals surface area contributed by atoms with Crippen LogP contribution in [0.3, 0.4) is 0 Å². The van der Waals surface area contributed by atoms with Crippen LogP contribution >= 0.6 is 0 Å². The van der Waals surface area contributed by atoms with Crippen LogP contribution in [0.2, 0.25) is 0 Å². The van der Waals surface area contributed by atoms with E-state index in [1.165, 1.54) is 4.90 Å². The topological polar surface area (TPSA) is 93.2 Å². The highest BCUT2D eigenvalue weighted by Crippen LogP contribution is 2.31. The monoisotopic (exact) mass is 275 g/mol. The number of carbonyl (C=O) groups excluding carboxylic acids is 1. The zero-order valence-corrected chi connectivity index (χ0v) is 10.9. The summed E-state index contributed by atoms with van der Waals surface area (Å²) in [5.41, 5.74) is 0.939. The van der Waals surface area contributed by atoms with Crippen molar-refractivity contribution in [3.05, 3.63) is 29.6 Å². The standard InChI is InChI=1S/C12H13N5O3/c1-17(12(18)11-13-15-16-14-11)7-8-2-3-9-10(6-8)20-5-4-19-9/h2-3,6H,4-5,7H2,1H3,(H,13,14,15,16). The Balaban J connectivity index is 1.72. The second kappa shape index (κ2) is 5.16. The Labute approximate surface area is 114 Å². The van der Waals surface area contributed by atoms with Gasteiger partial charge in [0.05, 0.1) is 0 Å². The lowest BCUT2D eigenvalue weighted by Gasteiger charge is -2.20. The maximum atomic E-state index is 12.0. The minimum atomic E-state index is -0.298. The SMILES string of the molecule is CN(Cc1ccc2c(c1)OCCO2)C(=O)c1nn[nH]n1. The zero-order valence-electron chi connectivity index (χ0n) is 10.9. The zero-order chi connectivity index (χ0) is 13.9. The smallest absolute Gasteiger partial charge is 0.295 e. The molecular weight excluding hydrogens is 262 g/mol. The molecule has 0 fully saturated rings. The van der Waals surface area contributed by atoms with Gasteiger partial charge in [0, 0.05) is 13.6 Å². The summed E-state index contributed by atoms with van der Waals surface area (Å²) in [6.45, 7) is 1.51. The van der Waals surface area contributed by atoms with Crippen molar-refractivity contribution in [1.82, 2.24) is 25.5 Å². The first-order chi connectivity index (χ1) is 9.74. The Hall–Kier alpha value is -2.64. The molecule has 0 aliphatic carbocycles. The minimum absolute atomic E-state index is 0.0463. The fourth-order valence-corrected chi connectivity index (χ4v) is 1.95. The number of amides is 1. The number of rotatable bonds is 3. The Morgan fingerprint density at radius 2 is 2.15 bits per heavy atom. The Bertz CT molecular complexity index is 614. The van der Waals surface area contributed by atoms with Gasteiger partial charge in [-0.3, -0.25) is 4.79 Å². The van der Waals surface area contributed by atoms with Crippen molar-refractivity contribution in [2.24, 2.45) is 0 Å². The molecule has 2 heterocycles. The second-order valence-corrected chi connectivity index (χ2v) is 4.37. The molecule has 1 aliphatic heterocycles. The number of fused-ring (bicyclic) bond motifs is 1. The highest BCUT2D eigenvalue weighted by atomic mass is 16.6. The van der Waals surface area contributed by atoms with E-state index in [0.717, 1.165) is 11.3 Å². The number of aromatic nitrogens is 4. The summed E-state index contributed by atoms with van der Waals surface area (Å²) in [5, 5.41) is 13.0. The van der Waals surface area contributed by atoms with Gasteiger partial charge in [-0.2, -0.15) is 5.21 Å². The van der Waals surface area contributed by atoms with Gasteiger partial charge in [-0.25, -0.2) is 0 Å². The summed E-state index contributed by atoms with van der Waals surface area (Å²) >= 11 is 0. The van der Waals surface area contributed by atoms with Gasteiger partial charge in [0.25, 0.3) is 11.7 Å². The normalized spacial score (nSPS) is 13.1. The summed E-state index contributed by atoms with van der Waals surface area (Å²) in [6.07, 6.45) is 0. The van der Waals surface area contributed by atoms with Crippen LogP contribution in [-0.4, -0.2) is 51.7 Å². The van der Waals surface area contributed by atoms with Crippen LogP contribution in [0.15, 0.2) is 18.2 Å². The van der Waals surface area contributed by atoms with Gasteiger partial charge in [-0.15, -0.1) is 10.2 Å². The van der Waals surface area contributed by atoms with Crippen molar-refractivity contribution in [2.75, 3.05) is 20.3 Å². The lowest BCUT2D eigenvalue weighted by atomic mass is 10.2. The average Bonchev–Trinajstić information content (AvgIpc) is 3.00. The van der Waals surface area contributed by atoms with E-state index in [1.54, 1.807) is 7.05 Å². The number of nitrogens with one attached hydrogen (secondary N) is 1. The number of hydrogen-bond donors (Lipinski definition) is 1. The van der Waals surface area contributed by atoms with E-state index >= 15 is 0 Å². The summed E-state index contributed by atoms with van der Waals surface area (Å²) in [7, 11) is 1.68. The average molecular weight is 275 g/mol. The van der Waals surface area contributed by atoms with Crippen LogP contribution in [0, 0.1) is 0 Å². The fourth-order valence-electron chi connectivity index (χ4n) is 1.95. The van der Waals surface area contributed by atoms with Gasteiger partial charge in [0.2, 0.25) is 0 Å². The molecule has 2 aromatic rings. The lowest BCUT2D eigenvalue weighted by molar-refractivity contribution is 0.0772. The molecule has 0 saturated heterocycles. The van der Waals surface area contributed by atoms with Gasteiger partial charge in [-0.1, -0.05) is 6.07 Å². The molecule has 0 bridgehead atoms. The van der Waals surface area contributed by atoms with Gasteiger partial charge in [0.15, 0.2) is 11.5 Å². The molecule has 20 heavy (non-hydrogen) atoms. The molecule has 104 valence electrons. The summed E-state index contributed by atoms with van der Waals surface area (Å²) in [4.78, 5) is 13.5. The molecule has 0 saturated carbocycles.